The van der Waals surface area contributed by atoms with E-state index in [1.54, 1.807) is 0 Å². The largest absolute Gasteiger partial charge is 0.0856 e. The summed E-state index contributed by atoms with van der Waals surface area (Å²) in [5, 5.41) is 0. The molecule has 0 rings (SSSR count). The van der Waals surface area contributed by atoms with Crippen LogP contribution in [0.25, 0.3) is 0 Å². The van der Waals surface area contributed by atoms with Gasteiger partial charge in [0, 0.05) is 0 Å². The first-order valence-corrected chi connectivity index (χ1v) is 35.7. The fourth-order valence-corrected chi connectivity index (χ4v) is 3.41. The van der Waals surface area contributed by atoms with E-state index in [4.69, 9.17) is 0 Å². The van der Waals surface area contributed by atoms with Crippen molar-refractivity contribution in [1.82, 2.24) is 0 Å². The molecule has 0 unspecified atom stereocenters. The molecular formula is C82H182. The van der Waals surface area contributed by atoms with E-state index >= 15 is 0 Å². The third-order valence-corrected chi connectivity index (χ3v) is 5.93. The van der Waals surface area contributed by atoms with E-state index in [1.165, 1.54) is 44.6 Å². The van der Waals surface area contributed by atoms with Crippen LogP contribution < -0.4 is 0 Å². The molecule has 0 N–H and O–H groups in total. The maximum absolute atomic E-state index is 2.30. The highest BCUT2D eigenvalue weighted by Crippen LogP contribution is 2.09. The summed E-state index contributed by atoms with van der Waals surface area (Å²) in [5.74, 6) is 0. The van der Waals surface area contributed by atoms with Crippen molar-refractivity contribution < 1.29 is 0 Å². The Balaban J connectivity index is -0.0000000357. The predicted octanol–water partition coefficient (Wildman–Crippen LogP) is 34.5. The molecule has 0 radical (unpaired) electrons. The Bertz CT molecular complexity index is 1050. The van der Waals surface area contributed by atoms with Gasteiger partial charge in [-0.3, -0.25) is 0 Å². The van der Waals surface area contributed by atoms with Crippen LogP contribution in [0.2, 0.25) is 0 Å². The van der Waals surface area contributed by atoms with Crippen molar-refractivity contribution in [2.24, 2.45) is 0 Å². The van der Waals surface area contributed by atoms with Gasteiger partial charge < -0.3 is 0 Å². The third kappa shape index (κ3) is 279. The van der Waals surface area contributed by atoms with Crippen LogP contribution in [-0.4, -0.2) is 0 Å². The predicted molar refractivity (Wildman–Crippen MR) is 424 cm³/mol. The Hall–Kier alpha value is -3.38. The van der Waals surface area contributed by atoms with Gasteiger partial charge in [-0.25, -0.2) is 0 Å². The number of allylic oxidation sites excluding steroid dienone is 26. The monoisotopic (exact) mass is 1170 g/mol. The fourth-order valence-electron chi connectivity index (χ4n) is 3.41. The van der Waals surface area contributed by atoms with E-state index < -0.39 is 0 Å². The van der Waals surface area contributed by atoms with Gasteiger partial charge in [-0.2, -0.15) is 0 Å². The molecule has 82 heavy (non-hydrogen) atoms. The van der Waals surface area contributed by atoms with Gasteiger partial charge in [-0.15, -0.1) is 0 Å². The Morgan fingerprint density at radius 3 is 0.463 bits per heavy atom. The van der Waals surface area contributed by atoms with Crippen LogP contribution in [-0.2, 0) is 0 Å². The van der Waals surface area contributed by atoms with Crippen LogP contribution in [0.4, 0.5) is 0 Å². The second-order valence-electron chi connectivity index (χ2n) is 11.1. The molecule has 0 aliphatic carbocycles. The number of hydrogen-bond acceptors (Lipinski definition) is 0. The normalized spacial score (nSPS) is 8.88. The summed E-state index contributed by atoms with van der Waals surface area (Å²) in [6.07, 6.45) is 43.3. The zero-order chi connectivity index (χ0) is 72.2. The summed E-state index contributed by atoms with van der Waals surface area (Å²) in [6, 6.07) is 0. The summed E-state index contributed by atoms with van der Waals surface area (Å²) in [6.45, 7) is 106. The Kier molecular flexibility index (Phi) is 452. The lowest BCUT2D eigenvalue weighted by Crippen LogP contribution is -1.76. The highest BCUT2D eigenvalue weighted by molar-refractivity contribution is 5.32. The zero-order valence-electron chi connectivity index (χ0n) is 69.2. The minimum Gasteiger partial charge on any atom is -0.0856 e. The average molecular weight is 1170 g/mol. The smallest absolute Gasteiger partial charge is 0.0285 e. The standard InChI is InChI=1S/C40H56.21C2H6/c1-33(2)19-13-23-37(7)27-17-31-39(9)29-15-25-35(5)21-11-12-22-36(6)26-16-30-40(10)32-18-28-38(8)24-14-20-34(3)4;21*1-2/h11-12,15-22,25-32H,13-14,23-24H2,1-10H3;21*1-2H3/b12-11+,25-15+,26-16+,31-17+,32-18+,35-21+,36-22+,37-27+,38-28+,39-29+,40-30+;;;;;;;;;;;;;;;;;;;;;. The van der Waals surface area contributed by atoms with Crippen LogP contribution in [0.5, 0.6) is 0 Å². The SMILES string of the molecule is CC.CC.CC.CC.CC.CC.CC.CC.CC.CC.CC.CC.CC.CC.CC.CC.CC.CC.CC.CC.CC.CC(C)=CCC/C(C)=C/C=C/C(C)=C/C=C/C(C)=C/C=C/C=C(C)/C=C/C=C(C)/C=C/C=C(\C)CCC=C(C)C. The van der Waals surface area contributed by atoms with Crippen molar-refractivity contribution in [3.63, 3.8) is 0 Å². The molecule has 0 fully saturated rings. The zero-order valence-corrected chi connectivity index (χ0v) is 69.2. The Morgan fingerprint density at radius 2 is 0.317 bits per heavy atom. The maximum atomic E-state index is 2.30. The topological polar surface area (TPSA) is 0 Å². The van der Waals surface area contributed by atoms with Crippen LogP contribution in [0.3, 0.4) is 0 Å². The van der Waals surface area contributed by atoms with Crippen molar-refractivity contribution in [2.45, 2.75) is 386 Å². The van der Waals surface area contributed by atoms with E-state index in [1.807, 2.05) is 291 Å². The van der Waals surface area contributed by atoms with Gasteiger partial charge in [0.05, 0.1) is 0 Å². The van der Waals surface area contributed by atoms with E-state index in [2.05, 4.69) is 179 Å². The fraction of sp³-hybridized carbons (Fsp3) is 0.683. The van der Waals surface area contributed by atoms with Gasteiger partial charge in [0.2, 0.25) is 0 Å². The van der Waals surface area contributed by atoms with Crippen molar-refractivity contribution in [2.75, 3.05) is 0 Å². The molecule has 0 heterocycles. The lowest BCUT2D eigenvalue weighted by Gasteiger charge is -1.96. The molecule has 0 aromatic carbocycles. The van der Waals surface area contributed by atoms with Crippen molar-refractivity contribution >= 4 is 0 Å². The molecule has 510 valence electrons. The highest BCUT2D eigenvalue weighted by Gasteiger charge is 1.88. The molecular weight excluding hydrogens is 985 g/mol. The van der Waals surface area contributed by atoms with Gasteiger partial charge >= 0.3 is 0 Å². The second kappa shape index (κ2) is 251. The summed E-state index contributed by atoms with van der Waals surface area (Å²) >= 11 is 0. The van der Waals surface area contributed by atoms with Gasteiger partial charge in [0.15, 0.2) is 0 Å². The van der Waals surface area contributed by atoms with E-state index in [-0.39, 0.29) is 0 Å². The summed E-state index contributed by atoms with van der Waals surface area (Å²) < 4.78 is 0. The van der Waals surface area contributed by atoms with Gasteiger partial charge in [0.1, 0.15) is 0 Å². The van der Waals surface area contributed by atoms with Gasteiger partial charge in [-0.1, -0.05) is 445 Å². The summed E-state index contributed by atoms with van der Waals surface area (Å²) in [7, 11) is 0. The highest BCUT2D eigenvalue weighted by atomic mass is 14.0. The molecule has 0 aliphatic rings. The summed E-state index contributed by atoms with van der Waals surface area (Å²) in [4.78, 5) is 0. The van der Waals surface area contributed by atoms with E-state index in [9.17, 15) is 0 Å². The molecule has 0 aliphatic heterocycles. The molecule has 0 aromatic heterocycles. The van der Waals surface area contributed by atoms with E-state index in [0.717, 1.165) is 25.7 Å². The van der Waals surface area contributed by atoms with Crippen LogP contribution in [0.1, 0.15) is 386 Å². The quantitative estimate of drug-likeness (QED) is 0.107. The minimum absolute atomic E-state index is 1.12. The number of rotatable bonds is 16. The first-order valence-electron chi connectivity index (χ1n) is 35.7. The lowest BCUT2D eigenvalue weighted by molar-refractivity contribution is 0.967. The first-order chi connectivity index (χ1) is 40.0. The molecule has 0 saturated carbocycles. The maximum Gasteiger partial charge on any atom is -0.0285 e. The van der Waals surface area contributed by atoms with Gasteiger partial charge in [-0.05, 0) is 94.9 Å². The van der Waals surface area contributed by atoms with Crippen LogP contribution in [0.15, 0.2) is 154 Å². The Labute approximate surface area is 536 Å². The molecule has 0 nitrogen and oxygen atoms in total. The average Bonchev–Trinajstić information content (AvgIpc) is 3.58. The summed E-state index contributed by atoms with van der Waals surface area (Å²) in [5.41, 5.74) is 10.5. The van der Waals surface area contributed by atoms with Crippen molar-refractivity contribution in [1.29, 1.82) is 0 Å². The minimum atomic E-state index is 1.12. The molecule has 0 atom stereocenters. The second-order valence-corrected chi connectivity index (χ2v) is 11.1. The first kappa shape index (κ1) is 148. The molecule has 0 amide bonds. The molecule has 0 aromatic rings. The molecule has 0 saturated heterocycles. The molecule has 0 heteroatoms. The lowest BCUT2D eigenvalue weighted by atomic mass is 10.1. The number of hydrogen-bond donors (Lipinski definition) is 0. The van der Waals surface area contributed by atoms with Crippen LogP contribution in [0, 0.1) is 0 Å². The molecule has 0 spiro atoms. The van der Waals surface area contributed by atoms with E-state index in [0.29, 0.717) is 0 Å². The van der Waals surface area contributed by atoms with Gasteiger partial charge in [0.25, 0.3) is 0 Å². The van der Waals surface area contributed by atoms with Crippen molar-refractivity contribution in [3.05, 3.63) is 154 Å². The van der Waals surface area contributed by atoms with Crippen LogP contribution >= 0.6 is 0 Å². The third-order valence-electron chi connectivity index (χ3n) is 5.93. The molecule has 0 bridgehead atoms. The Morgan fingerprint density at radius 1 is 0.183 bits per heavy atom. The van der Waals surface area contributed by atoms with Crippen molar-refractivity contribution in [3.8, 4) is 0 Å².